The summed E-state index contributed by atoms with van der Waals surface area (Å²) in [6, 6.07) is 33.3. The van der Waals surface area contributed by atoms with Crippen LogP contribution in [0.4, 0.5) is 0 Å². The molecule has 1 aliphatic carbocycles. The maximum atomic E-state index is 11.4. The van der Waals surface area contributed by atoms with Crippen LogP contribution < -0.4 is 14.8 Å². The van der Waals surface area contributed by atoms with Crippen LogP contribution in [0.5, 0.6) is 11.5 Å². The van der Waals surface area contributed by atoms with Gasteiger partial charge in [-0.2, -0.15) is 5.23 Å². The van der Waals surface area contributed by atoms with Crippen LogP contribution in [0.2, 0.25) is 0 Å². The van der Waals surface area contributed by atoms with E-state index in [2.05, 4.69) is 72.8 Å². The standard InChI is InChI=1S/C27H23NO3/c1-28(29)31-22-17-13-20(14-18-22)27(19-11-15-21(30-2)16-12-19)25-9-5-3-7-23(25)24-8-4-6-10-26(24)27/h3-18,28H,1-2H3. The number of hydrogen-bond donors (Lipinski definition) is 1. The molecule has 0 spiro atoms. The molecule has 0 aromatic heterocycles. The third kappa shape index (κ3) is 3.00. The second-order valence-electron chi connectivity index (χ2n) is 7.69. The molecular weight excluding hydrogens is 386 g/mol. The van der Waals surface area contributed by atoms with E-state index < -0.39 is 5.41 Å². The van der Waals surface area contributed by atoms with Crippen molar-refractivity contribution in [1.29, 1.82) is 0 Å². The number of benzene rings is 4. The number of hydrogen-bond acceptors (Lipinski definition) is 3. The lowest BCUT2D eigenvalue weighted by molar-refractivity contribution is -1.00. The number of nitrogens with one attached hydrogen (secondary N) is 1. The molecule has 0 aliphatic heterocycles. The topological polar surface area (TPSA) is 46.0 Å². The van der Waals surface area contributed by atoms with Crippen LogP contribution in [-0.2, 0) is 5.41 Å². The molecule has 0 saturated carbocycles. The molecule has 4 heteroatoms. The normalized spacial score (nSPS) is 14.4. The Morgan fingerprint density at radius 1 is 0.645 bits per heavy atom. The fourth-order valence-electron chi connectivity index (χ4n) is 4.80. The van der Waals surface area contributed by atoms with E-state index in [1.54, 1.807) is 7.11 Å². The van der Waals surface area contributed by atoms with Gasteiger partial charge in [0.25, 0.3) is 0 Å². The molecular formula is C27H23NO3. The Bertz CT molecular complexity index is 1170. The molecule has 0 heterocycles. The highest BCUT2D eigenvalue weighted by Crippen LogP contribution is 2.56. The van der Waals surface area contributed by atoms with Gasteiger partial charge in [-0.25, -0.2) is 0 Å². The molecule has 0 radical (unpaired) electrons. The molecule has 4 aromatic rings. The van der Waals surface area contributed by atoms with E-state index in [0.717, 1.165) is 16.9 Å². The molecule has 1 N–H and O–H groups in total. The third-order valence-electron chi connectivity index (χ3n) is 6.02. The first-order valence-electron chi connectivity index (χ1n) is 10.3. The summed E-state index contributed by atoms with van der Waals surface area (Å²) in [5.74, 6) is 1.37. The second-order valence-corrected chi connectivity index (χ2v) is 7.69. The van der Waals surface area contributed by atoms with Crippen LogP contribution in [-0.4, -0.2) is 14.2 Å². The maximum Gasteiger partial charge on any atom is 0.190 e. The monoisotopic (exact) mass is 409 g/mol. The summed E-state index contributed by atoms with van der Waals surface area (Å²) in [6.07, 6.45) is 0. The fraction of sp³-hybridized carbons (Fsp3) is 0.111. The zero-order valence-electron chi connectivity index (χ0n) is 17.5. The predicted molar refractivity (Wildman–Crippen MR) is 121 cm³/mol. The van der Waals surface area contributed by atoms with Crippen molar-refractivity contribution < 1.29 is 14.8 Å². The van der Waals surface area contributed by atoms with Crippen molar-refractivity contribution in [3.63, 3.8) is 0 Å². The van der Waals surface area contributed by atoms with Crippen LogP contribution in [0.25, 0.3) is 11.1 Å². The quantitative estimate of drug-likeness (QED) is 0.439. The van der Waals surface area contributed by atoms with Crippen LogP contribution in [0.15, 0.2) is 97.1 Å². The van der Waals surface area contributed by atoms with Gasteiger partial charge < -0.3 is 14.8 Å². The van der Waals surface area contributed by atoms with Gasteiger partial charge in [-0.1, -0.05) is 72.8 Å². The van der Waals surface area contributed by atoms with Gasteiger partial charge in [-0.15, -0.1) is 0 Å². The van der Waals surface area contributed by atoms with Crippen molar-refractivity contribution in [1.82, 2.24) is 0 Å². The van der Waals surface area contributed by atoms with E-state index in [1.807, 2.05) is 24.3 Å². The van der Waals surface area contributed by atoms with Gasteiger partial charge in [0.1, 0.15) is 12.8 Å². The fourth-order valence-corrected chi connectivity index (χ4v) is 4.80. The highest BCUT2D eigenvalue weighted by molar-refractivity contribution is 5.86. The molecule has 154 valence electrons. The van der Waals surface area contributed by atoms with Crippen molar-refractivity contribution >= 4 is 0 Å². The van der Waals surface area contributed by atoms with Crippen molar-refractivity contribution in [2.45, 2.75) is 5.41 Å². The number of quaternary nitrogens is 1. The first-order valence-corrected chi connectivity index (χ1v) is 10.3. The Balaban J connectivity index is 1.81. The molecule has 0 fully saturated rings. The van der Waals surface area contributed by atoms with E-state index >= 15 is 0 Å². The summed E-state index contributed by atoms with van der Waals surface area (Å²) in [7, 11) is 3.09. The zero-order chi connectivity index (χ0) is 21.4. The maximum absolute atomic E-state index is 11.4. The van der Waals surface area contributed by atoms with Crippen LogP contribution in [0, 0.1) is 5.21 Å². The molecule has 4 aromatic carbocycles. The Labute approximate surface area is 181 Å². The minimum Gasteiger partial charge on any atom is -0.591 e. The molecule has 31 heavy (non-hydrogen) atoms. The molecule has 1 unspecified atom stereocenters. The summed E-state index contributed by atoms with van der Waals surface area (Å²) in [6.45, 7) is 0. The molecule has 5 rings (SSSR count). The molecule has 0 amide bonds. The number of ether oxygens (including phenoxy) is 1. The first kappa shape index (κ1) is 19.4. The zero-order valence-corrected chi connectivity index (χ0v) is 17.5. The lowest BCUT2D eigenvalue weighted by atomic mass is 9.68. The molecule has 1 aliphatic rings. The highest BCUT2D eigenvalue weighted by atomic mass is 16.9. The van der Waals surface area contributed by atoms with Crippen molar-refractivity contribution in [2.75, 3.05) is 14.2 Å². The average Bonchev–Trinajstić information content (AvgIpc) is 3.11. The van der Waals surface area contributed by atoms with Gasteiger partial charge in [0, 0.05) is 0 Å². The van der Waals surface area contributed by atoms with Gasteiger partial charge >= 0.3 is 0 Å². The summed E-state index contributed by atoms with van der Waals surface area (Å²) < 4.78 is 5.41. The molecule has 4 nitrogen and oxygen atoms in total. The van der Waals surface area contributed by atoms with Gasteiger partial charge in [-0.3, -0.25) is 0 Å². The van der Waals surface area contributed by atoms with Gasteiger partial charge in [0.15, 0.2) is 5.75 Å². The number of rotatable bonds is 5. The van der Waals surface area contributed by atoms with Crippen molar-refractivity contribution in [2.24, 2.45) is 0 Å². The molecule has 0 saturated heterocycles. The molecule has 0 bridgehead atoms. The second kappa shape index (κ2) is 7.58. The summed E-state index contributed by atoms with van der Waals surface area (Å²) in [5, 5.41) is 11.1. The third-order valence-corrected chi connectivity index (χ3v) is 6.02. The summed E-state index contributed by atoms with van der Waals surface area (Å²) in [4.78, 5) is 5.28. The minimum atomic E-state index is -0.478. The van der Waals surface area contributed by atoms with Gasteiger partial charge in [-0.05, 0) is 57.6 Å². The smallest absolute Gasteiger partial charge is 0.190 e. The number of hydroxylamine groups is 2. The minimum absolute atomic E-state index is 0.325. The lowest BCUT2D eigenvalue weighted by Crippen LogP contribution is -3.05. The van der Waals surface area contributed by atoms with E-state index in [9.17, 15) is 5.21 Å². The van der Waals surface area contributed by atoms with E-state index in [-0.39, 0.29) is 5.23 Å². The SMILES string of the molecule is COc1ccc(C2(c3ccc(O[NH+](C)[O-])cc3)c3ccccc3-c3ccccc32)cc1. The Hall–Kier alpha value is -3.60. The lowest BCUT2D eigenvalue weighted by Gasteiger charge is -2.34. The highest BCUT2D eigenvalue weighted by Gasteiger charge is 2.45. The van der Waals surface area contributed by atoms with E-state index in [0.29, 0.717) is 5.75 Å². The molecule has 1 atom stereocenters. The first-order chi connectivity index (χ1) is 15.1. The summed E-state index contributed by atoms with van der Waals surface area (Å²) >= 11 is 0. The van der Waals surface area contributed by atoms with Crippen LogP contribution in [0.1, 0.15) is 22.3 Å². The van der Waals surface area contributed by atoms with E-state index in [4.69, 9.17) is 9.57 Å². The Kier molecular flexibility index (Phi) is 4.74. The van der Waals surface area contributed by atoms with Gasteiger partial charge in [0.2, 0.25) is 0 Å². The van der Waals surface area contributed by atoms with Crippen molar-refractivity contribution in [3.8, 4) is 22.6 Å². The Morgan fingerprint density at radius 3 is 1.55 bits per heavy atom. The number of fused-ring (bicyclic) bond motifs is 3. The van der Waals surface area contributed by atoms with Crippen LogP contribution >= 0.6 is 0 Å². The van der Waals surface area contributed by atoms with Crippen molar-refractivity contribution in [3.05, 3.63) is 125 Å². The largest absolute Gasteiger partial charge is 0.591 e. The summed E-state index contributed by atoms with van der Waals surface area (Å²) in [5.41, 5.74) is 6.74. The van der Waals surface area contributed by atoms with Gasteiger partial charge in [0.05, 0.1) is 12.5 Å². The van der Waals surface area contributed by atoms with Crippen LogP contribution in [0.3, 0.4) is 0 Å². The van der Waals surface area contributed by atoms with E-state index in [1.165, 1.54) is 29.3 Å². The number of methoxy groups -OCH3 is 1. The Morgan fingerprint density at radius 2 is 1.10 bits per heavy atom. The predicted octanol–water partition coefficient (Wildman–Crippen LogP) is 4.36. The average molecular weight is 409 g/mol.